The first-order chi connectivity index (χ1) is 10.2. The van der Waals surface area contributed by atoms with Crippen LogP contribution < -0.4 is 10.1 Å². The second-order valence-electron chi connectivity index (χ2n) is 4.93. The molecule has 0 radical (unpaired) electrons. The molecule has 2 N–H and O–H groups in total. The molecule has 5 heteroatoms. The molecule has 0 aliphatic carbocycles. The molecule has 0 aliphatic heterocycles. The van der Waals surface area contributed by atoms with Crippen LogP contribution in [0.1, 0.15) is 23.4 Å². The lowest BCUT2D eigenvalue weighted by atomic mass is 10.1. The average Bonchev–Trinajstić information content (AvgIpc) is 2.97. The van der Waals surface area contributed by atoms with Crippen LogP contribution in [0, 0.1) is 13.8 Å². The summed E-state index contributed by atoms with van der Waals surface area (Å²) in [6.07, 6.45) is 4.53. The Morgan fingerprint density at radius 3 is 3.00 bits per heavy atom. The topological polar surface area (TPSA) is 67.0 Å². The molecular formula is C16H21N3O2. The molecule has 0 bridgehead atoms. The number of nitrogens with zero attached hydrogens (tertiary/aromatic N) is 1. The Morgan fingerprint density at radius 1 is 1.38 bits per heavy atom. The van der Waals surface area contributed by atoms with Crippen molar-refractivity contribution in [1.82, 2.24) is 15.3 Å². The summed E-state index contributed by atoms with van der Waals surface area (Å²) in [6.45, 7) is 5.03. The number of H-pyrrole nitrogens is 1. The zero-order valence-electron chi connectivity index (χ0n) is 12.5. The number of rotatable bonds is 7. The second-order valence-corrected chi connectivity index (χ2v) is 4.93. The standard InChI is InChI=1S/C16H21N3O2/c1-12-4-3-5-14(13(12)2)21-11-7-16(20)19-8-6-15-17-9-10-18-15/h3-5,9-10H,6-8,11H2,1-2H3,(H,17,18)(H,19,20). The van der Waals surface area contributed by atoms with Gasteiger partial charge in [0.2, 0.25) is 5.91 Å². The third-order valence-corrected chi connectivity index (χ3v) is 3.38. The summed E-state index contributed by atoms with van der Waals surface area (Å²) in [6, 6.07) is 5.93. The highest BCUT2D eigenvalue weighted by Gasteiger charge is 2.05. The molecule has 0 fully saturated rings. The molecule has 0 unspecified atom stereocenters. The van der Waals surface area contributed by atoms with Gasteiger partial charge < -0.3 is 15.0 Å². The molecule has 1 aromatic carbocycles. The van der Waals surface area contributed by atoms with Gasteiger partial charge in [-0.3, -0.25) is 4.79 Å². The van der Waals surface area contributed by atoms with E-state index in [4.69, 9.17) is 4.74 Å². The first kappa shape index (κ1) is 15.1. The number of benzene rings is 1. The van der Waals surface area contributed by atoms with Gasteiger partial charge in [0.1, 0.15) is 11.6 Å². The van der Waals surface area contributed by atoms with Crippen LogP contribution in [-0.2, 0) is 11.2 Å². The van der Waals surface area contributed by atoms with E-state index < -0.39 is 0 Å². The van der Waals surface area contributed by atoms with Crippen molar-refractivity contribution in [3.63, 3.8) is 0 Å². The van der Waals surface area contributed by atoms with E-state index in [9.17, 15) is 4.79 Å². The van der Waals surface area contributed by atoms with Crippen molar-refractivity contribution in [1.29, 1.82) is 0 Å². The van der Waals surface area contributed by atoms with Crippen molar-refractivity contribution in [3.05, 3.63) is 47.5 Å². The third kappa shape index (κ3) is 4.63. The summed E-state index contributed by atoms with van der Waals surface area (Å²) in [5.41, 5.74) is 2.31. The fourth-order valence-corrected chi connectivity index (χ4v) is 1.98. The van der Waals surface area contributed by atoms with E-state index in [2.05, 4.69) is 15.3 Å². The number of aryl methyl sites for hydroxylation is 1. The number of carbonyl (C=O) groups is 1. The van der Waals surface area contributed by atoms with Crippen molar-refractivity contribution < 1.29 is 9.53 Å². The first-order valence-electron chi connectivity index (χ1n) is 7.11. The fourth-order valence-electron chi connectivity index (χ4n) is 1.98. The van der Waals surface area contributed by atoms with Gasteiger partial charge in [0.05, 0.1) is 13.0 Å². The first-order valence-corrected chi connectivity index (χ1v) is 7.11. The number of aromatic nitrogens is 2. The molecule has 5 nitrogen and oxygen atoms in total. The molecule has 0 saturated carbocycles. The molecule has 2 aromatic rings. The van der Waals surface area contributed by atoms with Crippen LogP contribution in [0.3, 0.4) is 0 Å². The van der Waals surface area contributed by atoms with Crippen LogP contribution in [-0.4, -0.2) is 29.0 Å². The summed E-state index contributed by atoms with van der Waals surface area (Å²) in [7, 11) is 0. The Kier molecular flexibility index (Phi) is 5.37. The summed E-state index contributed by atoms with van der Waals surface area (Å²) >= 11 is 0. The van der Waals surface area contributed by atoms with Crippen molar-refractivity contribution in [3.8, 4) is 5.75 Å². The van der Waals surface area contributed by atoms with Crippen molar-refractivity contribution in [2.75, 3.05) is 13.2 Å². The number of nitrogens with one attached hydrogen (secondary N) is 2. The van der Waals surface area contributed by atoms with Crippen molar-refractivity contribution >= 4 is 5.91 Å². The van der Waals surface area contributed by atoms with E-state index in [1.807, 2.05) is 32.0 Å². The number of hydrogen-bond acceptors (Lipinski definition) is 3. The van der Waals surface area contributed by atoms with Gasteiger partial charge in [-0.2, -0.15) is 0 Å². The number of ether oxygens (including phenoxy) is 1. The summed E-state index contributed by atoms with van der Waals surface area (Å²) in [5.74, 6) is 1.71. The Balaban J connectivity index is 1.66. The largest absolute Gasteiger partial charge is 0.493 e. The van der Waals surface area contributed by atoms with E-state index in [-0.39, 0.29) is 5.91 Å². The lowest BCUT2D eigenvalue weighted by Crippen LogP contribution is -2.27. The van der Waals surface area contributed by atoms with Gasteiger partial charge in [0.15, 0.2) is 0 Å². The predicted octanol–water partition coefficient (Wildman–Crippen LogP) is 2.15. The van der Waals surface area contributed by atoms with E-state index in [0.29, 0.717) is 26.0 Å². The lowest BCUT2D eigenvalue weighted by molar-refractivity contribution is -0.121. The summed E-state index contributed by atoms with van der Waals surface area (Å²) < 4.78 is 5.66. The normalized spacial score (nSPS) is 10.4. The zero-order valence-corrected chi connectivity index (χ0v) is 12.5. The quantitative estimate of drug-likeness (QED) is 0.820. The minimum atomic E-state index is -0.00753. The second kappa shape index (κ2) is 7.47. The Hall–Kier alpha value is -2.30. The van der Waals surface area contributed by atoms with Crippen LogP contribution in [0.15, 0.2) is 30.6 Å². The molecule has 1 heterocycles. The summed E-state index contributed by atoms with van der Waals surface area (Å²) in [4.78, 5) is 18.8. The molecule has 0 saturated heterocycles. The number of amides is 1. The van der Waals surface area contributed by atoms with Crippen LogP contribution in [0.5, 0.6) is 5.75 Å². The Morgan fingerprint density at radius 2 is 2.24 bits per heavy atom. The van der Waals surface area contributed by atoms with E-state index in [1.54, 1.807) is 12.4 Å². The van der Waals surface area contributed by atoms with Crippen molar-refractivity contribution in [2.45, 2.75) is 26.7 Å². The maximum Gasteiger partial charge on any atom is 0.223 e. The van der Waals surface area contributed by atoms with E-state index in [0.717, 1.165) is 17.1 Å². The number of carbonyl (C=O) groups excluding carboxylic acids is 1. The Bertz CT molecular complexity index is 579. The maximum atomic E-state index is 11.7. The lowest BCUT2D eigenvalue weighted by Gasteiger charge is -2.10. The molecule has 1 aromatic heterocycles. The van der Waals surface area contributed by atoms with Gasteiger partial charge in [-0.1, -0.05) is 12.1 Å². The predicted molar refractivity (Wildman–Crippen MR) is 81.3 cm³/mol. The monoisotopic (exact) mass is 287 g/mol. The fraction of sp³-hybridized carbons (Fsp3) is 0.375. The molecule has 0 aliphatic rings. The maximum absolute atomic E-state index is 11.7. The number of aromatic amines is 1. The zero-order chi connectivity index (χ0) is 15.1. The molecule has 2 rings (SSSR count). The Labute approximate surface area is 124 Å². The third-order valence-electron chi connectivity index (χ3n) is 3.38. The molecule has 1 amide bonds. The van der Waals surface area contributed by atoms with E-state index in [1.165, 1.54) is 5.56 Å². The minimum Gasteiger partial charge on any atom is -0.493 e. The average molecular weight is 287 g/mol. The highest BCUT2D eigenvalue weighted by Crippen LogP contribution is 2.20. The highest BCUT2D eigenvalue weighted by molar-refractivity contribution is 5.75. The highest BCUT2D eigenvalue weighted by atomic mass is 16.5. The number of imidazole rings is 1. The van der Waals surface area contributed by atoms with E-state index >= 15 is 0 Å². The molecule has 112 valence electrons. The van der Waals surface area contributed by atoms with Crippen LogP contribution >= 0.6 is 0 Å². The smallest absolute Gasteiger partial charge is 0.223 e. The van der Waals surface area contributed by atoms with Crippen LogP contribution in [0.25, 0.3) is 0 Å². The van der Waals surface area contributed by atoms with Crippen LogP contribution in [0.4, 0.5) is 0 Å². The van der Waals surface area contributed by atoms with Gasteiger partial charge in [-0.25, -0.2) is 4.98 Å². The summed E-state index contributed by atoms with van der Waals surface area (Å²) in [5, 5.41) is 2.85. The molecule has 21 heavy (non-hydrogen) atoms. The van der Waals surface area contributed by atoms with Gasteiger partial charge in [0, 0.05) is 25.4 Å². The van der Waals surface area contributed by atoms with Gasteiger partial charge >= 0.3 is 0 Å². The molecule has 0 spiro atoms. The van der Waals surface area contributed by atoms with Crippen molar-refractivity contribution in [2.24, 2.45) is 0 Å². The minimum absolute atomic E-state index is 0.00753. The SMILES string of the molecule is Cc1cccc(OCCC(=O)NCCc2ncc[nH]2)c1C. The molecule has 0 atom stereocenters. The van der Waals surface area contributed by atoms with Gasteiger partial charge in [0.25, 0.3) is 0 Å². The number of hydrogen-bond donors (Lipinski definition) is 2. The molecular weight excluding hydrogens is 266 g/mol. The van der Waals surface area contributed by atoms with Crippen LogP contribution in [0.2, 0.25) is 0 Å². The van der Waals surface area contributed by atoms with Gasteiger partial charge in [-0.05, 0) is 31.0 Å². The van der Waals surface area contributed by atoms with Gasteiger partial charge in [-0.15, -0.1) is 0 Å².